The fourth-order valence-corrected chi connectivity index (χ4v) is 3.58. The average molecular weight is 370 g/mol. The Hall–Kier alpha value is -1.63. The second-order valence-electron chi connectivity index (χ2n) is 6.10. The van der Waals surface area contributed by atoms with Crippen LogP contribution in [0.1, 0.15) is 19.3 Å². The normalized spacial score (nSPS) is 23.1. The van der Waals surface area contributed by atoms with Gasteiger partial charge in [-0.3, -0.25) is 19.3 Å². The fourth-order valence-electron chi connectivity index (χ4n) is 3.29. The number of rotatable bonds is 3. The molecule has 0 aromatic heterocycles. The number of likely N-dealkylation sites (tertiary alicyclic amines) is 1. The molecule has 1 aromatic rings. The minimum absolute atomic E-state index is 0.125. The van der Waals surface area contributed by atoms with E-state index in [1.165, 1.54) is 6.07 Å². The lowest BCUT2D eigenvalue weighted by Gasteiger charge is -2.33. The van der Waals surface area contributed by atoms with E-state index in [0.29, 0.717) is 41.7 Å². The number of hydrogen-bond acceptors (Lipinski definition) is 4. The number of benzene rings is 1. The van der Waals surface area contributed by atoms with Crippen molar-refractivity contribution in [2.24, 2.45) is 11.7 Å². The Balaban J connectivity index is 1.75. The lowest BCUT2D eigenvalue weighted by molar-refractivity contribution is -0.124. The van der Waals surface area contributed by atoms with Gasteiger partial charge in [0, 0.05) is 5.92 Å². The first kappa shape index (κ1) is 17.2. The largest absolute Gasteiger partial charge is 0.369 e. The van der Waals surface area contributed by atoms with Crippen LogP contribution in [-0.4, -0.2) is 41.8 Å². The third-order valence-electron chi connectivity index (χ3n) is 4.66. The number of primary amides is 1. The summed E-state index contributed by atoms with van der Waals surface area (Å²) >= 11 is 11.9. The summed E-state index contributed by atoms with van der Waals surface area (Å²) in [5.41, 5.74) is 5.75. The van der Waals surface area contributed by atoms with Crippen LogP contribution in [0.4, 0.5) is 5.69 Å². The molecule has 0 bridgehead atoms. The maximum atomic E-state index is 12.7. The lowest BCUT2D eigenvalue weighted by atomic mass is 9.95. The zero-order valence-corrected chi connectivity index (χ0v) is 14.4. The number of nitrogens with zero attached hydrogens (tertiary/aromatic N) is 2. The van der Waals surface area contributed by atoms with E-state index in [4.69, 9.17) is 28.9 Å². The van der Waals surface area contributed by atoms with Crippen molar-refractivity contribution in [2.45, 2.75) is 25.3 Å². The predicted molar refractivity (Wildman–Crippen MR) is 90.9 cm³/mol. The SMILES string of the molecule is NC(=O)C1CCN([C@H]2CC(=O)N(c3ccc(Cl)c(Cl)c3)C2=O)CC1. The first-order valence-electron chi connectivity index (χ1n) is 7.73. The molecule has 128 valence electrons. The highest BCUT2D eigenvalue weighted by Crippen LogP contribution is 2.32. The second-order valence-corrected chi connectivity index (χ2v) is 6.91. The molecule has 24 heavy (non-hydrogen) atoms. The fraction of sp³-hybridized carbons (Fsp3) is 0.438. The molecule has 3 amide bonds. The number of imide groups is 1. The first-order chi connectivity index (χ1) is 11.4. The van der Waals surface area contributed by atoms with Gasteiger partial charge in [0.15, 0.2) is 0 Å². The molecule has 0 radical (unpaired) electrons. The van der Waals surface area contributed by atoms with Crippen LogP contribution in [0, 0.1) is 5.92 Å². The van der Waals surface area contributed by atoms with E-state index in [1.54, 1.807) is 12.1 Å². The van der Waals surface area contributed by atoms with E-state index in [-0.39, 0.29) is 30.1 Å². The summed E-state index contributed by atoms with van der Waals surface area (Å²) in [6.07, 6.45) is 1.35. The van der Waals surface area contributed by atoms with Crippen molar-refractivity contribution in [1.82, 2.24) is 4.90 Å². The zero-order chi connectivity index (χ0) is 17.4. The van der Waals surface area contributed by atoms with Crippen molar-refractivity contribution in [3.05, 3.63) is 28.2 Å². The Morgan fingerprint density at radius 3 is 2.38 bits per heavy atom. The number of carbonyl (C=O) groups is 3. The van der Waals surface area contributed by atoms with Gasteiger partial charge in [0.1, 0.15) is 0 Å². The molecule has 0 saturated carbocycles. The topological polar surface area (TPSA) is 83.7 Å². The number of amides is 3. The predicted octanol–water partition coefficient (Wildman–Crippen LogP) is 1.82. The van der Waals surface area contributed by atoms with Gasteiger partial charge in [-0.25, -0.2) is 4.90 Å². The molecule has 0 unspecified atom stereocenters. The zero-order valence-electron chi connectivity index (χ0n) is 12.9. The van der Waals surface area contributed by atoms with Gasteiger partial charge in [-0.2, -0.15) is 0 Å². The van der Waals surface area contributed by atoms with E-state index in [2.05, 4.69) is 0 Å². The van der Waals surface area contributed by atoms with Crippen LogP contribution >= 0.6 is 23.2 Å². The van der Waals surface area contributed by atoms with E-state index >= 15 is 0 Å². The van der Waals surface area contributed by atoms with Gasteiger partial charge in [0.25, 0.3) is 5.91 Å². The molecule has 2 N–H and O–H groups in total. The highest BCUT2D eigenvalue weighted by atomic mass is 35.5. The molecule has 2 aliphatic rings. The lowest BCUT2D eigenvalue weighted by Crippen LogP contribution is -2.47. The smallest absolute Gasteiger partial charge is 0.251 e. The highest BCUT2D eigenvalue weighted by molar-refractivity contribution is 6.42. The molecular weight excluding hydrogens is 353 g/mol. The van der Waals surface area contributed by atoms with Crippen LogP contribution in [-0.2, 0) is 14.4 Å². The van der Waals surface area contributed by atoms with Gasteiger partial charge in [-0.15, -0.1) is 0 Å². The van der Waals surface area contributed by atoms with Crippen LogP contribution in [0.2, 0.25) is 10.0 Å². The Bertz CT molecular complexity index is 702. The van der Waals surface area contributed by atoms with Crippen LogP contribution in [0.5, 0.6) is 0 Å². The molecule has 2 aliphatic heterocycles. The van der Waals surface area contributed by atoms with Gasteiger partial charge in [0.05, 0.1) is 28.2 Å². The third-order valence-corrected chi connectivity index (χ3v) is 5.40. The minimum Gasteiger partial charge on any atom is -0.369 e. The molecule has 2 heterocycles. The highest BCUT2D eigenvalue weighted by Gasteiger charge is 2.43. The number of halogens is 2. The molecule has 0 aliphatic carbocycles. The van der Waals surface area contributed by atoms with Gasteiger partial charge in [-0.05, 0) is 44.1 Å². The summed E-state index contributed by atoms with van der Waals surface area (Å²) in [6, 6.07) is 4.18. The van der Waals surface area contributed by atoms with Gasteiger partial charge in [-0.1, -0.05) is 23.2 Å². The molecule has 1 aromatic carbocycles. The van der Waals surface area contributed by atoms with Crippen molar-refractivity contribution in [3.63, 3.8) is 0 Å². The van der Waals surface area contributed by atoms with Gasteiger partial charge in [0.2, 0.25) is 11.8 Å². The summed E-state index contributed by atoms with van der Waals surface area (Å²) in [7, 11) is 0. The summed E-state index contributed by atoms with van der Waals surface area (Å²) in [5.74, 6) is -0.989. The Kier molecular flexibility index (Phi) is 4.80. The maximum absolute atomic E-state index is 12.7. The minimum atomic E-state index is -0.499. The van der Waals surface area contributed by atoms with Gasteiger partial charge < -0.3 is 5.73 Å². The van der Waals surface area contributed by atoms with Crippen LogP contribution in [0.15, 0.2) is 18.2 Å². The molecule has 3 rings (SSSR count). The summed E-state index contributed by atoms with van der Waals surface area (Å²) < 4.78 is 0. The Morgan fingerprint density at radius 2 is 1.79 bits per heavy atom. The van der Waals surface area contributed by atoms with Crippen molar-refractivity contribution in [3.8, 4) is 0 Å². The van der Waals surface area contributed by atoms with E-state index in [9.17, 15) is 14.4 Å². The van der Waals surface area contributed by atoms with E-state index < -0.39 is 6.04 Å². The Morgan fingerprint density at radius 1 is 1.12 bits per heavy atom. The van der Waals surface area contributed by atoms with E-state index in [1.807, 2.05) is 4.90 Å². The summed E-state index contributed by atoms with van der Waals surface area (Å²) in [6.45, 7) is 1.15. The quantitative estimate of drug-likeness (QED) is 0.823. The van der Waals surface area contributed by atoms with Crippen molar-refractivity contribution in [1.29, 1.82) is 0 Å². The molecule has 1 atom stereocenters. The van der Waals surface area contributed by atoms with Crippen LogP contribution in [0.3, 0.4) is 0 Å². The second kappa shape index (κ2) is 6.70. The molecule has 8 heteroatoms. The molecule has 6 nitrogen and oxygen atoms in total. The van der Waals surface area contributed by atoms with Crippen molar-refractivity contribution < 1.29 is 14.4 Å². The molecule has 2 saturated heterocycles. The average Bonchev–Trinajstić information content (AvgIpc) is 2.85. The van der Waals surface area contributed by atoms with Crippen molar-refractivity contribution >= 4 is 46.6 Å². The monoisotopic (exact) mass is 369 g/mol. The third kappa shape index (κ3) is 3.14. The van der Waals surface area contributed by atoms with Crippen molar-refractivity contribution in [2.75, 3.05) is 18.0 Å². The molecular formula is C16H17Cl2N3O3. The van der Waals surface area contributed by atoms with Crippen LogP contribution in [0.25, 0.3) is 0 Å². The first-order valence-corrected chi connectivity index (χ1v) is 8.49. The summed E-state index contributed by atoms with van der Waals surface area (Å²) in [4.78, 5) is 39.4. The molecule has 2 fully saturated rings. The maximum Gasteiger partial charge on any atom is 0.251 e. The molecule has 0 spiro atoms. The number of carbonyl (C=O) groups excluding carboxylic acids is 3. The van der Waals surface area contributed by atoms with Crippen LogP contribution < -0.4 is 10.6 Å². The number of hydrogen-bond donors (Lipinski definition) is 1. The number of nitrogens with two attached hydrogens (primary N) is 1. The Labute approximate surface area is 149 Å². The van der Waals surface area contributed by atoms with E-state index in [0.717, 1.165) is 4.90 Å². The number of piperidine rings is 1. The number of anilines is 1. The summed E-state index contributed by atoms with van der Waals surface area (Å²) in [5, 5.41) is 0.657. The van der Waals surface area contributed by atoms with Gasteiger partial charge >= 0.3 is 0 Å². The standard InChI is InChI=1S/C16H17Cl2N3O3/c17-11-2-1-10(7-12(11)18)21-14(22)8-13(16(21)24)20-5-3-9(4-6-20)15(19)23/h1-2,7,9,13H,3-6,8H2,(H2,19,23)/t13-/m0/s1.